The van der Waals surface area contributed by atoms with Gasteiger partial charge in [0.15, 0.2) is 28.2 Å². The van der Waals surface area contributed by atoms with Crippen molar-refractivity contribution in [2.24, 2.45) is 0 Å². The van der Waals surface area contributed by atoms with Crippen LogP contribution in [-0.2, 0) is 14.4 Å². The van der Waals surface area contributed by atoms with E-state index in [9.17, 15) is 24.0 Å². The molecule has 3 N–H and O–H groups in total. The summed E-state index contributed by atoms with van der Waals surface area (Å²) in [5, 5.41) is 20.6. The Kier molecular flexibility index (Phi) is 7.84. The van der Waals surface area contributed by atoms with Crippen molar-refractivity contribution >= 4 is 78.2 Å². The molecule has 11 nitrogen and oxygen atoms in total. The second kappa shape index (κ2) is 11.2. The second-order valence-corrected chi connectivity index (χ2v) is 9.88. The summed E-state index contributed by atoms with van der Waals surface area (Å²) in [6.45, 7) is -0.283. The van der Waals surface area contributed by atoms with Crippen LogP contribution in [0.4, 0.5) is 5.69 Å². The molecule has 37 heavy (non-hydrogen) atoms. The number of Topliss-reactive ketones (excluding diaryl/α,β-unsaturated/α-hetero) is 2. The maximum absolute atomic E-state index is 12.4. The van der Waals surface area contributed by atoms with Gasteiger partial charge in [0.2, 0.25) is 0 Å². The van der Waals surface area contributed by atoms with Crippen molar-refractivity contribution < 1.29 is 38.9 Å². The fourth-order valence-corrected chi connectivity index (χ4v) is 5.17. The number of hydrogen-bond donors (Lipinski definition) is 3. The van der Waals surface area contributed by atoms with Gasteiger partial charge in [0.25, 0.3) is 5.91 Å². The molecule has 0 aliphatic heterocycles. The van der Waals surface area contributed by atoms with E-state index >= 15 is 0 Å². The van der Waals surface area contributed by atoms with Crippen LogP contribution in [0.3, 0.4) is 0 Å². The van der Waals surface area contributed by atoms with Crippen LogP contribution >= 0.6 is 22.7 Å². The second-order valence-electron chi connectivity index (χ2n) is 7.82. The number of thiazole rings is 2. The number of aliphatic carboxylic acids is 2. The number of nitrogens with zero attached hydrogens (tertiary/aromatic N) is 2. The average Bonchev–Trinajstić information content (AvgIpc) is 3.48. The first-order chi connectivity index (χ1) is 17.7. The standard InChI is InChI=1S/C24H19N3O8S2/c28-16(5-7-21(31)32)23-26-14-3-1-12(9-18(14)36-23)25-20(30)11-35-13-2-4-15-19(10-13)37-24(27-15)17(29)6-8-22(33)34/h1-4,9-10H,5-8,11H2,(H,25,30)(H,31,32)(H,33,34). The summed E-state index contributed by atoms with van der Waals surface area (Å²) in [7, 11) is 0. The maximum atomic E-state index is 12.4. The summed E-state index contributed by atoms with van der Waals surface area (Å²) in [5.74, 6) is -2.82. The number of carboxylic acid groups (broad SMARTS) is 2. The normalized spacial score (nSPS) is 10.9. The molecule has 0 saturated heterocycles. The van der Waals surface area contributed by atoms with Crippen molar-refractivity contribution in [2.75, 3.05) is 11.9 Å². The summed E-state index contributed by atoms with van der Waals surface area (Å²) < 4.78 is 6.90. The molecule has 1 amide bonds. The van der Waals surface area contributed by atoms with Gasteiger partial charge in [-0.2, -0.15) is 0 Å². The Bertz CT molecular complexity index is 1540. The van der Waals surface area contributed by atoms with Crippen molar-refractivity contribution in [3.63, 3.8) is 0 Å². The van der Waals surface area contributed by atoms with E-state index in [1.54, 1.807) is 36.4 Å². The molecule has 2 heterocycles. The molecule has 4 aromatic rings. The number of ether oxygens (including phenoxy) is 1. The number of carbonyl (C=O) groups is 5. The van der Waals surface area contributed by atoms with Crippen LogP contribution < -0.4 is 10.1 Å². The van der Waals surface area contributed by atoms with E-state index in [2.05, 4.69) is 15.3 Å². The van der Waals surface area contributed by atoms with Gasteiger partial charge in [-0.25, -0.2) is 9.97 Å². The largest absolute Gasteiger partial charge is 0.484 e. The number of amides is 1. The van der Waals surface area contributed by atoms with Crippen LogP contribution in [0, 0.1) is 0 Å². The van der Waals surface area contributed by atoms with E-state index in [1.165, 1.54) is 0 Å². The van der Waals surface area contributed by atoms with Crippen molar-refractivity contribution in [1.29, 1.82) is 0 Å². The smallest absolute Gasteiger partial charge is 0.303 e. The first-order valence-corrected chi connectivity index (χ1v) is 12.5. The van der Waals surface area contributed by atoms with Crippen LogP contribution in [0.5, 0.6) is 5.75 Å². The minimum atomic E-state index is -1.05. The van der Waals surface area contributed by atoms with Crippen LogP contribution in [0.2, 0.25) is 0 Å². The molecule has 0 saturated carbocycles. The molecule has 2 aromatic heterocycles. The van der Waals surface area contributed by atoms with Crippen molar-refractivity contribution in [3.05, 3.63) is 46.4 Å². The zero-order chi connectivity index (χ0) is 26.5. The van der Waals surface area contributed by atoms with Gasteiger partial charge < -0.3 is 20.3 Å². The number of hydrogen-bond acceptors (Lipinski definition) is 10. The number of anilines is 1. The number of carboxylic acids is 2. The third kappa shape index (κ3) is 6.71. The maximum Gasteiger partial charge on any atom is 0.303 e. The predicted molar refractivity (Wildman–Crippen MR) is 136 cm³/mol. The highest BCUT2D eigenvalue weighted by atomic mass is 32.1. The summed E-state index contributed by atoms with van der Waals surface area (Å²) in [5.41, 5.74) is 1.62. The Balaban J connectivity index is 1.35. The van der Waals surface area contributed by atoms with Crippen LogP contribution in [0.15, 0.2) is 36.4 Å². The Morgan fingerprint density at radius 3 is 1.86 bits per heavy atom. The number of nitrogens with one attached hydrogen (secondary N) is 1. The van der Waals surface area contributed by atoms with E-state index in [1.807, 2.05) is 0 Å². The third-order valence-corrected chi connectivity index (χ3v) is 7.13. The number of rotatable bonds is 12. The topological polar surface area (TPSA) is 173 Å². The fourth-order valence-electron chi connectivity index (χ4n) is 3.24. The summed E-state index contributed by atoms with van der Waals surface area (Å²) in [6, 6.07) is 9.89. The molecule has 13 heteroatoms. The van der Waals surface area contributed by atoms with Crippen LogP contribution in [0.25, 0.3) is 20.4 Å². The fraction of sp³-hybridized carbons (Fsp3) is 0.208. The molecule has 0 bridgehead atoms. The van der Waals surface area contributed by atoms with Crippen molar-refractivity contribution in [3.8, 4) is 5.75 Å². The number of aromatic nitrogens is 2. The molecule has 4 rings (SSSR count). The van der Waals surface area contributed by atoms with Gasteiger partial charge in [0.1, 0.15) is 5.75 Å². The molecule has 190 valence electrons. The Hall–Kier alpha value is -4.23. The molecule has 0 radical (unpaired) electrons. The Morgan fingerprint density at radius 1 is 0.757 bits per heavy atom. The molecule has 2 aromatic carbocycles. The van der Waals surface area contributed by atoms with Gasteiger partial charge in [-0.05, 0) is 36.4 Å². The first kappa shape index (κ1) is 25.9. The molecular weight excluding hydrogens is 522 g/mol. The summed E-state index contributed by atoms with van der Waals surface area (Å²) >= 11 is 2.25. The number of fused-ring (bicyclic) bond motifs is 2. The SMILES string of the molecule is O=C(O)CCC(=O)c1nc2ccc(NC(=O)COc3ccc4nc(C(=O)CCC(=O)O)sc4c3)cc2s1. The molecular formula is C24H19N3O8S2. The average molecular weight is 542 g/mol. The highest BCUT2D eigenvalue weighted by Gasteiger charge is 2.16. The lowest BCUT2D eigenvalue weighted by molar-refractivity contribution is -0.137. The van der Waals surface area contributed by atoms with Gasteiger partial charge in [0, 0.05) is 18.5 Å². The molecule has 0 fully saturated rings. The van der Waals surface area contributed by atoms with Gasteiger partial charge in [-0.15, -0.1) is 22.7 Å². The lowest BCUT2D eigenvalue weighted by Crippen LogP contribution is -2.20. The summed E-state index contributed by atoms with van der Waals surface area (Å²) in [6.07, 6.45) is -0.793. The molecule has 0 aliphatic carbocycles. The van der Waals surface area contributed by atoms with E-state index < -0.39 is 17.8 Å². The molecule has 0 unspecified atom stereocenters. The molecule has 0 spiro atoms. The molecule has 0 atom stereocenters. The highest BCUT2D eigenvalue weighted by Crippen LogP contribution is 2.28. The molecule has 0 aliphatic rings. The van der Waals surface area contributed by atoms with E-state index in [0.29, 0.717) is 31.9 Å². The van der Waals surface area contributed by atoms with E-state index in [4.69, 9.17) is 14.9 Å². The predicted octanol–water partition coefficient (Wildman–Crippen LogP) is 4.02. The number of benzene rings is 2. The van der Waals surface area contributed by atoms with Crippen molar-refractivity contribution in [1.82, 2.24) is 9.97 Å². The summed E-state index contributed by atoms with van der Waals surface area (Å²) in [4.78, 5) is 66.5. The Labute approximate surface area is 216 Å². The lowest BCUT2D eigenvalue weighted by Gasteiger charge is -2.07. The van der Waals surface area contributed by atoms with Gasteiger partial charge in [0.05, 0.1) is 33.3 Å². The Morgan fingerprint density at radius 2 is 1.30 bits per heavy atom. The number of ketones is 2. The van der Waals surface area contributed by atoms with Crippen LogP contribution in [0.1, 0.15) is 45.3 Å². The van der Waals surface area contributed by atoms with Gasteiger partial charge in [-0.1, -0.05) is 0 Å². The quantitative estimate of drug-likeness (QED) is 0.222. The first-order valence-electron chi connectivity index (χ1n) is 10.9. The zero-order valence-corrected chi connectivity index (χ0v) is 20.7. The third-order valence-electron chi connectivity index (χ3n) is 5.01. The van der Waals surface area contributed by atoms with Gasteiger partial charge in [-0.3, -0.25) is 24.0 Å². The van der Waals surface area contributed by atoms with Crippen molar-refractivity contribution in [2.45, 2.75) is 25.7 Å². The minimum absolute atomic E-state index is 0.131. The monoisotopic (exact) mass is 541 g/mol. The zero-order valence-electron chi connectivity index (χ0n) is 19.1. The highest BCUT2D eigenvalue weighted by molar-refractivity contribution is 7.20. The number of carbonyl (C=O) groups excluding carboxylic acids is 3. The lowest BCUT2D eigenvalue weighted by atomic mass is 10.2. The minimum Gasteiger partial charge on any atom is -0.484 e. The van der Waals surface area contributed by atoms with E-state index in [-0.39, 0.29) is 53.9 Å². The van der Waals surface area contributed by atoms with Gasteiger partial charge >= 0.3 is 11.9 Å². The van der Waals surface area contributed by atoms with E-state index in [0.717, 1.165) is 22.7 Å². The van der Waals surface area contributed by atoms with Crippen LogP contribution in [-0.4, -0.2) is 56.2 Å².